The number of rotatable bonds is 5. The molecule has 17 heavy (non-hydrogen) atoms. The second-order valence-electron chi connectivity index (χ2n) is 4.22. The van der Waals surface area contributed by atoms with Crippen molar-refractivity contribution in [2.24, 2.45) is 5.73 Å². The van der Waals surface area contributed by atoms with Crippen LogP contribution in [-0.2, 0) is 16.6 Å². The normalized spacial score (nSPS) is 15.6. The van der Waals surface area contributed by atoms with Gasteiger partial charge in [0.15, 0.2) is 0 Å². The Morgan fingerprint density at radius 2 is 2.18 bits per heavy atom. The SMILES string of the molecule is CS(=O)(=O)Nc1ccc(CN)c(OC2CC2)c1. The molecule has 94 valence electrons. The lowest BCUT2D eigenvalue weighted by Crippen LogP contribution is -2.10. The first-order valence-corrected chi connectivity index (χ1v) is 7.34. The molecule has 1 saturated carbocycles. The molecule has 0 heterocycles. The molecule has 1 aliphatic carbocycles. The highest BCUT2D eigenvalue weighted by atomic mass is 32.2. The van der Waals surface area contributed by atoms with E-state index in [0.29, 0.717) is 18.0 Å². The Balaban J connectivity index is 2.23. The molecule has 1 aliphatic rings. The number of hydrogen-bond acceptors (Lipinski definition) is 4. The van der Waals surface area contributed by atoms with Crippen LogP contribution < -0.4 is 15.2 Å². The van der Waals surface area contributed by atoms with Gasteiger partial charge in [-0.25, -0.2) is 8.42 Å². The molecule has 0 atom stereocenters. The molecule has 1 aromatic rings. The van der Waals surface area contributed by atoms with Gasteiger partial charge in [-0.2, -0.15) is 0 Å². The van der Waals surface area contributed by atoms with Crippen LogP contribution in [0.4, 0.5) is 5.69 Å². The average molecular weight is 256 g/mol. The zero-order valence-electron chi connectivity index (χ0n) is 9.64. The molecular formula is C11H16N2O3S. The lowest BCUT2D eigenvalue weighted by Gasteiger charge is -2.12. The van der Waals surface area contributed by atoms with Crippen LogP contribution in [-0.4, -0.2) is 20.8 Å². The smallest absolute Gasteiger partial charge is 0.229 e. The average Bonchev–Trinajstić information content (AvgIpc) is 3.00. The van der Waals surface area contributed by atoms with E-state index in [1.165, 1.54) is 0 Å². The van der Waals surface area contributed by atoms with Crippen molar-refractivity contribution in [2.75, 3.05) is 11.0 Å². The maximum Gasteiger partial charge on any atom is 0.229 e. The monoisotopic (exact) mass is 256 g/mol. The Kier molecular flexibility index (Phi) is 3.26. The molecule has 0 bridgehead atoms. The summed E-state index contributed by atoms with van der Waals surface area (Å²) >= 11 is 0. The second-order valence-corrected chi connectivity index (χ2v) is 5.97. The van der Waals surface area contributed by atoms with E-state index in [9.17, 15) is 8.42 Å². The maximum absolute atomic E-state index is 11.1. The van der Waals surface area contributed by atoms with Crippen molar-refractivity contribution in [3.05, 3.63) is 23.8 Å². The minimum atomic E-state index is -3.26. The van der Waals surface area contributed by atoms with Gasteiger partial charge in [-0.15, -0.1) is 0 Å². The predicted octanol–water partition coefficient (Wildman–Crippen LogP) is 1.06. The van der Waals surface area contributed by atoms with Gasteiger partial charge in [0.05, 0.1) is 18.0 Å². The number of ether oxygens (including phenoxy) is 1. The highest BCUT2D eigenvalue weighted by Crippen LogP contribution is 2.31. The Labute approximate surface area is 101 Å². The van der Waals surface area contributed by atoms with Crippen LogP contribution >= 0.6 is 0 Å². The molecule has 3 N–H and O–H groups in total. The molecule has 1 aromatic carbocycles. The second kappa shape index (κ2) is 4.54. The number of benzene rings is 1. The van der Waals surface area contributed by atoms with E-state index in [0.717, 1.165) is 24.7 Å². The Morgan fingerprint density at radius 1 is 1.47 bits per heavy atom. The third-order valence-electron chi connectivity index (χ3n) is 2.41. The van der Waals surface area contributed by atoms with E-state index in [-0.39, 0.29) is 6.10 Å². The molecule has 0 radical (unpaired) electrons. The van der Waals surface area contributed by atoms with Crippen LogP contribution in [0.5, 0.6) is 5.75 Å². The van der Waals surface area contributed by atoms with E-state index in [2.05, 4.69) is 4.72 Å². The van der Waals surface area contributed by atoms with Crippen molar-refractivity contribution in [1.82, 2.24) is 0 Å². The summed E-state index contributed by atoms with van der Waals surface area (Å²) in [4.78, 5) is 0. The molecule has 0 spiro atoms. The lowest BCUT2D eigenvalue weighted by atomic mass is 10.2. The van der Waals surface area contributed by atoms with Crippen molar-refractivity contribution in [2.45, 2.75) is 25.5 Å². The summed E-state index contributed by atoms with van der Waals surface area (Å²) in [5.74, 6) is 0.670. The molecule has 2 rings (SSSR count). The van der Waals surface area contributed by atoms with Gasteiger partial charge in [0.2, 0.25) is 10.0 Å². The van der Waals surface area contributed by atoms with Gasteiger partial charge in [-0.3, -0.25) is 4.72 Å². The fraction of sp³-hybridized carbons (Fsp3) is 0.455. The summed E-state index contributed by atoms with van der Waals surface area (Å²) in [6.07, 6.45) is 3.47. The van der Waals surface area contributed by atoms with Crippen LogP contribution in [0, 0.1) is 0 Å². The third kappa shape index (κ3) is 3.61. The lowest BCUT2D eigenvalue weighted by molar-refractivity contribution is 0.300. The first-order valence-electron chi connectivity index (χ1n) is 5.45. The van der Waals surface area contributed by atoms with E-state index >= 15 is 0 Å². The standard InChI is InChI=1S/C11H16N2O3S/c1-17(14,15)13-9-3-2-8(7-12)11(6-9)16-10-4-5-10/h2-3,6,10,13H,4-5,7,12H2,1H3. The molecule has 0 amide bonds. The Hall–Kier alpha value is -1.27. The van der Waals surface area contributed by atoms with Crippen LogP contribution in [0.2, 0.25) is 0 Å². The van der Waals surface area contributed by atoms with Crippen LogP contribution in [0.25, 0.3) is 0 Å². The van der Waals surface area contributed by atoms with Crippen LogP contribution in [0.15, 0.2) is 18.2 Å². The molecule has 0 saturated heterocycles. The largest absolute Gasteiger partial charge is 0.490 e. The van der Waals surface area contributed by atoms with Crippen LogP contribution in [0.1, 0.15) is 18.4 Å². The zero-order chi connectivity index (χ0) is 12.5. The number of anilines is 1. The van der Waals surface area contributed by atoms with Crippen LogP contribution in [0.3, 0.4) is 0 Å². The third-order valence-corrected chi connectivity index (χ3v) is 3.01. The molecule has 1 fully saturated rings. The fourth-order valence-electron chi connectivity index (χ4n) is 1.48. The van der Waals surface area contributed by atoms with Crippen molar-refractivity contribution in [3.63, 3.8) is 0 Å². The van der Waals surface area contributed by atoms with Gasteiger partial charge >= 0.3 is 0 Å². The first-order chi connectivity index (χ1) is 7.98. The zero-order valence-corrected chi connectivity index (χ0v) is 10.5. The van der Waals surface area contributed by atoms with Gasteiger partial charge in [0.25, 0.3) is 0 Å². The number of nitrogens with two attached hydrogens (primary N) is 1. The summed E-state index contributed by atoms with van der Waals surface area (Å²) in [6.45, 7) is 0.376. The van der Waals surface area contributed by atoms with Gasteiger partial charge in [0.1, 0.15) is 5.75 Å². The Morgan fingerprint density at radius 3 is 2.71 bits per heavy atom. The van der Waals surface area contributed by atoms with Gasteiger partial charge in [0, 0.05) is 18.2 Å². The Bertz CT molecular complexity index is 509. The molecule has 0 unspecified atom stereocenters. The molecule has 6 heteroatoms. The van der Waals surface area contributed by atoms with E-state index in [4.69, 9.17) is 10.5 Å². The quantitative estimate of drug-likeness (QED) is 0.825. The molecule has 0 aromatic heterocycles. The van der Waals surface area contributed by atoms with Gasteiger partial charge in [-0.05, 0) is 18.9 Å². The van der Waals surface area contributed by atoms with Crippen molar-refractivity contribution in [3.8, 4) is 5.75 Å². The topological polar surface area (TPSA) is 81.4 Å². The van der Waals surface area contributed by atoms with Crippen molar-refractivity contribution in [1.29, 1.82) is 0 Å². The predicted molar refractivity (Wildman–Crippen MR) is 66.4 cm³/mol. The maximum atomic E-state index is 11.1. The number of nitrogens with one attached hydrogen (secondary N) is 1. The first kappa shape index (κ1) is 12.2. The molecule has 5 nitrogen and oxygen atoms in total. The highest BCUT2D eigenvalue weighted by Gasteiger charge is 2.24. The number of sulfonamides is 1. The van der Waals surface area contributed by atoms with E-state index in [1.54, 1.807) is 18.2 Å². The molecular weight excluding hydrogens is 240 g/mol. The fourth-order valence-corrected chi connectivity index (χ4v) is 2.03. The minimum Gasteiger partial charge on any atom is -0.490 e. The van der Waals surface area contributed by atoms with Gasteiger partial charge in [-0.1, -0.05) is 6.07 Å². The highest BCUT2D eigenvalue weighted by molar-refractivity contribution is 7.92. The van der Waals surface area contributed by atoms with E-state index < -0.39 is 10.0 Å². The summed E-state index contributed by atoms with van der Waals surface area (Å²) in [5, 5.41) is 0. The van der Waals surface area contributed by atoms with Crippen molar-refractivity contribution >= 4 is 15.7 Å². The van der Waals surface area contributed by atoms with Gasteiger partial charge < -0.3 is 10.5 Å². The van der Waals surface area contributed by atoms with E-state index in [1.807, 2.05) is 0 Å². The van der Waals surface area contributed by atoms with Crippen molar-refractivity contribution < 1.29 is 13.2 Å². The summed E-state index contributed by atoms with van der Waals surface area (Å²) in [6, 6.07) is 5.15. The number of hydrogen-bond donors (Lipinski definition) is 2. The minimum absolute atomic E-state index is 0.258. The molecule has 0 aliphatic heterocycles. The summed E-state index contributed by atoms with van der Waals surface area (Å²) < 4.78 is 30.4. The summed E-state index contributed by atoms with van der Waals surface area (Å²) in [5.41, 5.74) is 6.99. The summed E-state index contributed by atoms with van der Waals surface area (Å²) in [7, 11) is -3.26.